The number of hydrogen-bond acceptors (Lipinski definition) is 5. The number of nitrogens with zero attached hydrogens (tertiary/aromatic N) is 1. The molecule has 1 aromatic carbocycles. The van der Waals surface area contributed by atoms with Crippen molar-refractivity contribution in [3.63, 3.8) is 0 Å². The van der Waals surface area contributed by atoms with Gasteiger partial charge in [-0.25, -0.2) is 0 Å². The molecule has 0 spiro atoms. The van der Waals surface area contributed by atoms with Gasteiger partial charge in [-0.1, -0.05) is 12.1 Å². The summed E-state index contributed by atoms with van der Waals surface area (Å²) in [5.41, 5.74) is 7.99. The van der Waals surface area contributed by atoms with E-state index in [0.29, 0.717) is 13.2 Å². The molecule has 1 aromatic rings. The SMILES string of the molecule is CCOP(=O)(OCC)[C@H](N)c1ccc(N(CC)CC)cc1. The quantitative estimate of drug-likeness (QED) is 0.703. The van der Waals surface area contributed by atoms with Gasteiger partial charge in [-0.05, 0) is 45.4 Å². The van der Waals surface area contributed by atoms with Gasteiger partial charge in [-0.15, -0.1) is 0 Å². The first-order valence-corrected chi connectivity index (χ1v) is 9.12. The predicted octanol–water partition coefficient (Wildman–Crippen LogP) is 3.76. The van der Waals surface area contributed by atoms with Crippen LogP contribution in [0.1, 0.15) is 39.0 Å². The van der Waals surface area contributed by atoms with Gasteiger partial charge < -0.3 is 19.7 Å². The highest BCUT2D eigenvalue weighted by atomic mass is 31.2. The molecule has 1 rings (SSSR count). The molecule has 0 heterocycles. The van der Waals surface area contributed by atoms with E-state index < -0.39 is 13.4 Å². The van der Waals surface area contributed by atoms with Crippen LogP contribution in [0.5, 0.6) is 0 Å². The molecule has 0 aliphatic heterocycles. The van der Waals surface area contributed by atoms with Gasteiger partial charge in [0, 0.05) is 18.8 Å². The lowest BCUT2D eigenvalue weighted by atomic mass is 10.2. The monoisotopic (exact) mass is 314 g/mol. The van der Waals surface area contributed by atoms with Gasteiger partial charge in [0.2, 0.25) is 0 Å². The predicted molar refractivity (Wildman–Crippen MR) is 87.8 cm³/mol. The fraction of sp³-hybridized carbons (Fsp3) is 0.600. The molecule has 0 fully saturated rings. The Hall–Kier alpha value is -0.870. The molecule has 6 heteroatoms. The molecule has 0 bridgehead atoms. The summed E-state index contributed by atoms with van der Waals surface area (Å²) in [6, 6.07) is 7.76. The zero-order chi connectivity index (χ0) is 15.9. The Bertz CT molecular complexity index is 450. The van der Waals surface area contributed by atoms with E-state index >= 15 is 0 Å². The molecule has 1 atom stereocenters. The summed E-state index contributed by atoms with van der Waals surface area (Å²) in [5, 5.41) is 0. The van der Waals surface area contributed by atoms with Crippen molar-refractivity contribution < 1.29 is 13.6 Å². The minimum absolute atomic E-state index is 0.308. The van der Waals surface area contributed by atoms with Crippen LogP contribution in [0, 0.1) is 0 Å². The summed E-state index contributed by atoms with van der Waals surface area (Å²) in [6.45, 7) is 10.3. The molecular weight excluding hydrogens is 287 g/mol. The number of nitrogens with two attached hydrogens (primary N) is 1. The Morgan fingerprint density at radius 1 is 1.05 bits per heavy atom. The molecule has 0 amide bonds. The molecule has 0 aliphatic carbocycles. The third-order valence-electron chi connectivity index (χ3n) is 3.32. The Kier molecular flexibility index (Phi) is 7.40. The van der Waals surface area contributed by atoms with E-state index in [0.717, 1.165) is 24.3 Å². The van der Waals surface area contributed by atoms with Gasteiger partial charge in [-0.2, -0.15) is 0 Å². The maximum absolute atomic E-state index is 12.7. The lowest BCUT2D eigenvalue weighted by molar-refractivity contribution is 0.212. The molecular formula is C15H27N2O3P. The topological polar surface area (TPSA) is 64.8 Å². The van der Waals surface area contributed by atoms with Crippen molar-refractivity contribution in [2.24, 2.45) is 5.73 Å². The fourth-order valence-electron chi connectivity index (χ4n) is 2.21. The smallest absolute Gasteiger partial charge is 0.351 e. The zero-order valence-corrected chi connectivity index (χ0v) is 14.3. The second-order valence-corrected chi connectivity index (χ2v) is 6.74. The summed E-state index contributed by atoms with van der Waals surface area (Å²) >= 11 is 0. The standard InChI is InChI=1S/C15H27N2O3P/c1-5-17(6-2)14-11-9-13(10-12-14)15(16)21(18,19-7-3)20-8-4/h9-12,15H,5-8,16H2,1-4H3/t15-/m0/s1. The summed E-state index contributed by atoms with van der Waals surface area (Å²) in [5.74, 6) is -0.761. The van der Waals surface area contributed by atoms with Crippen molar-refractivity contribution in [1.82, 2.24) is 0 Å². The van der Waals surface area contributed by atoms with E-state index in [2.05, 4.69) is 18.7 Å². The van der Waals surface area contributed by atoms with E-state index in [1.807, 2.05) is 24.3 Å². The molecule has 0 saturated carbocycles. The second-order valence-electron chi connectivity index (χ2n) is 4.58. The molecule has 0 unspecified atom stereocenters. The van der Waals surface area contributed by atoms with Crippen LogP contribution in [-0.2, 0) is 13.6 Å². The van der Waals surface area contributed by atoms with Crippen molar-refractivity contribution in [2.75, 3.05) is 31.2 Å². The molecule has 0 radical (unpaired) electrons. The van der Waals surface area contributed by atoms with Crippen LogP contribution in [0.25, 0.3) is 0 Å². The van der Waals surface area contributed by atoms with Crippen LogP contribution in [0.3, 0.4) is 0 Å². The van der Waals surface area contributed by atoms with Crippen LogP contribution in [0.15, 0.2) is 24.3 Å². The molecule has 5 nitrogen and oxygen atoms in total. The molecule has 0 aliphatic rings. The van der Waals surface area contributed by atoms with Crippen LogP contribution in [-0.4, -0.2) is 26.3 Å². The number of hydrogen-bond donors (Lipinski definition) is 1. The highest BCUT2D eigenvalue weighted by Crippen LogP contribution is 2.58. The van der Waals surface area contributed by atoms with E-state index in [1.165, 1.54) is 0 Å². The first-order chi connectivity index (χ1) is 10.0. The van der Waals surface area contributed by atoms with Crippen molar-refractivity contribution in [1.29, 1.82) is 0 Å². The minimum atomic E-state index is -3.32. The zero-order valence-electron chi connectivity index (χ0n) is 13.4. The summed E-state index contributed by atoms with van der Waals surface area (Å²) in [7, 11) is -3.32. The summed E-state index contributed by atoms with van der Waals surface area (Å²) < 4.78 is 23.3. The lowest BCUT2D eigenvalue weighted by Crippen LogP contribution is -2.22. The first-order valence-electron chi connectivity index (χ1n) is 7.51. The van der Waals surface area contributed by atoms with Gasteiger partial charge in [0.25, 0.3) is 0 Å². The maximum Gasteiger partial charge on any atom is 0.351 e. The van der Waals surface area contributed by atoms with E-state index in [9.17, 15) is 4.57 Å². The third-order valence-corrected chi connectivity index (χ3v) is 5.54. The van der Waals surface area contributed by atoms with E-state index in [4.69, 9.17) is 14.8 Å². The van der Waals surface area contributed by atoms with E-state index in [-0.39, 0.29) is 0 Å². The molecule has 0 saturated heterocycles. The lowest BCUT2D eigenvalue weighted by Gasteiger charge is -2.25. The van der Waals surface area contributed by atoms with Crippen molar-refractivity contribution in [3.8, 4) is 0 Å². The number of anilines is 1. The van der Waals surface area contributed by atoms with Gasteiger partial charge >= 0.3 is 7.60 Å². The Morgan fingerprint density at radius 3 is 1.90 bits per heavy atom. The average molecular weight is 314 g/mol. The molecule has 2 N–H and O–H groups in total. The maximum atomic E-state index is 12.7. The normalized spacial score (nSPS) is 13.2. The highest BCUT2D eigenvalue weighted by molar-refractivity contribution is 7.54. The third kappa shape index (κ3) is 4.55. The number of benzene rings is 1. The fourth-order valence-corrected chi connectivity index (χ4v) is 3.86. The van der Waals surface area contributed by atoms with Crippen LogP contribution >= 0.6 is 7.60 Å². The van der Waals surface area contributed by atoms with Crippen LogP contribution in [0.4, 0.5) is 5.69 Å². The van der Waals surface area contributed by atoms with Crippen LogP contribution in [0.2, 0.25) is 0 Å². The summed E-state index contributed by atoms with van der Waals surface area (Å²) in [6.07, 6.45) is 0. The van der Waals surface area contributed by atoms with Gasteiger partial charge in [0.05, 0.1) is 13.2 Å². The summed E-state index contributed by atoms with van der Waals surface area (Å²) in [4.78, 5) is 2.24. The minimum Gasteiger partial charge on any atom is -0.372 e. The molecule has 120 valence electrons. The Labute approximate surface area is 128 Å². The van der Waals surface area contributed by atoms with Crippen LogP contribution < -0.4 is 10.6 Å². The van der Waals surface area contributed by atoms with Gasteiger partial charge in [0.15, 0.2) is 0 Å². The Morgan fingerprint density at radius 2 is 1.52 bits per heavy atom. The Balaban J connectivity index is 2.96. The second kappa shape index (κ2) is 8.54. The van der Waals surface area contributed by atoms with E-state index in [1.54, 1.807) is 13.8 Å². The molecule has 21 heavy (non-hydrogen) atoms. The van der Waals surface area contributed by atoms with Gasteiger partial charge in [0.1, 0.15) is 5.78 Å². The number of rotatable bonds is 9. The first kappa shape index (κ1) is 18.2. The molecule has 0 aromatic heterocycles. The highest BCUT2D eigenvalue weighted by Gasteiger charge is 2.33. The van der Waals surface area contributed by atoms with Crippen molar-refractivity contribution in [3.05, 3.63) is 29.8 Å². The largest absolute Gasteiger partial charge is 0.372 e. The van der Waals surface area contributed by atoms with Gasteiger partial charge in [-0.3, -0.25) is 4.57 Å². The average Bonchev–Trinajstić information content (AvgIpc) is 2.49. The van der Waals surface area contributed by atoms with Crippen molar-refractivity contribution >= 4 is 13.3 Å². The van der Waals surface area contributed by atoms with Crippen molar-refractivity contribution in [2.45, 2.75) is 33.5 Å².